The van der Waals surface area contributed by atoms with Gasteiger partial charge in [-0.05, 0) is 23.1 Å². The minimum Gasteiger partial charge on any atom is -0.756 e. The lowest BCUT2D eigenvalue weighted by Gasteiger charge is -2.37. The minimum absolute atomic E-state index is 0.0436. The molecule has 218 valence electrons. The van der Waals surface area contributed by atoms with Crippen molar-refractivity contribution in [3.05, 3.63) is 108 Å². The van der Waals surface area contributed by atoms with Gasteiger partial charge in [-0.1, -0.05) is 111 Å². The van der Waals surface area contributed by atoms with Crippen LogP contribution in [0.2, 0.25) is 0 Å². The predicted octanol–water partition coefficient (Wildman–Crippen LogP) is 5.78. The highest BCUT2D eigenvalue weighted by Gasteiger charge is 2.38. The maximum Gasteiger partial charge on any atom is 0.268 e. The maximum absolute atomic E-state index is 12.5. The zero-order valence-corrected chi connectivity index (χ0v) is 25.1. The highest BCUT2D eigenvalue weighted by Crippen LogP contribution is 2.41. The zero-order chi connectivity index (χ0) is 28.9. The zero-order valence-electron chi connectivity index (χ0n) is 24.2. The quantitative estimate of drug-likeness (QED) is 0.0837. The van der Waals surface area contributed by atoms with Crippen molar-refractivity contribution >= 4 is 7.82 Å². The van der Waals surface area contributed by atoms with Gasteiger partial charge in [0.25, 0.3) is 7.82 Å². The molecule has 7 nitrogen and oxygen atoms in total. The van der Waals surface area contributed by atoms with Crippen molar-refractivity contribution in [3.63, 3.8) is 0 Å². The second kappa shape index (κ2) is 15.6. The Hall–Kier alpha value is -2.35. The smallest absolute Gasteiger partial charge is 0.268 e. The van der Waals surface area contributed by atoms with E-state index in [0.29, 0.717) is 17.6 Å². The molecule has 1 unspecified atom stereocenters. The molecule has 3 rings (SSSR count). The van der Waals surface area contributed by atoms with E-state index in [1.807, 2.05) is 112 Å². The SMILES string of the molecule is CCCCCO[C@H](COC(c1ccccc1)(c1ccccc1)c1ccccc1)COP(=O)([O-])OCC[N+](C)(C)C. The summed E-state index contributed by atoms with van der Waals surface area (Å²) in [5, 5.41) is 0. The number of unbranched alkanes of at least 4 members (excludes halogenated alkanes) is 2. The third-order valence-corrected chi connectivity index (χ3v) is 7.52. The average Bonchev–Trinajstić information content (AvgIpc) is 2.95. The molecule has 0 aliphatic rings. The molecule has 3 aromatic carbocycles. The molecular weight excluding hydrogens is 525 g/mol. The number of ether oxygens (including phenoxy) is 2. The van der Waals surface area contributed by atoms with Crippen LogP contribution >= 0.6 is 7.82 Å². The predicted molar refractivity (Wildman–Crippen MR) is 157 cm³/mol. The molecule has 0 fully saturated rings. The van der Waals surface area contributed by atoms with E-state index in [4.69, 9.17) is 18.5 Å². The maximum atomic E-state index is 12.5. The molecule has 0 heterocycles. The number of phosphoric ester groups is 1. The van der Waals surface area contributed by atoms with E-state index in [1.54, 1.807) is 0 Å². The Morgan fingerprint density at radius 3 is 1.70 bits per heavy atom. The first-order valence-electron chi connectivity index (χ1n) is 14.0. The van der Waals surface area contributed by atoms with Crippen LogP contribution in [0.5, 0.6) is 0 Å². The Morgan fingerprint density at radius 1 is 0.750 bits per heavy atom. The number of rotatable bonds is 18. The molecule has 0 bridgehead atoms. The molecule has 0 amide bonds. The number of likely N-dealkylation sites (N-methyl/N-ethyl adjacent to an activating group) is 1. The highest BCUT2D eigenvalue weighted by atomic mass is 31.2. The van der Waals surface area contributed by atoms with Gasteiger partial charge < -0.3 is 27.9 Å². The number of hydrogen-bond donors (Lipinski definition) is 0. The van der Waals surface area contributed by atoms with Crippen molar-refractivity contribution in [1.82, 2.24) is 0 Å². The van der Waals surface area contributed by atoms with Crippen LogP contribution in [-0.4, -0.2) is 64.7 Å². The third kappa shape index (κ3) is 9.93. The van der Waals surface area contributed by atoms with Crippen LogP contribution in [0.3, 0.4) is 0 Å². The van der Waals surface area contributed by atoms with E-state index < -0.39 is 19.5 Å². The number of quaternary nitrogens is 1. The van der Waals surface area contributed by atoms with Crippen LogP contribution in [0.4, 0.5) is 0 Å². The summed E-state index contributed by atoms with van der Waals surface area (Å²) in [5.41, 5.74) is 1.92. The van der Waals surface area contributed by atoms with Gasteiger partial charge in [0.05, 0.1) is 34.4 Å². The summed E-state index contributed by atoms with van der Waals surface area (Å²) in [7, 11) is 1.39. The van der Waals surface area contributed by atoms with Crippen LogP contribution in [0, 0.1) is 0 Å². The molecule has 40 heavy (non-hydrogen) atoms. The van der Waals surface area contributed by atoms with Gasteiger partial charge in [-0.2, -0.15) is 0 Å². The number of benzene rings is 3. The number of phosphoric acid groups is 1. The van der Waals surface area contributed by atoms with Crippen molar-refractivity contribution in [2.75, 3.05) is 54.1 Å². The molecule has 3 aromatic rings. The van der Waals surface area contributed by atoms with Gasteiger partial charge in [0.2, 0.25) is 0 Å². The first-order valence-corrected chi connectivity index (χ1v) is 15.4. The summed E-state index contributed by atoms with van der Waals surface area (Å²) in [6, 6.07) is 30.1. The van der Waals surface area contributed by atoms with E-state index in [9.17, 15) is 9.46 Å². The molecule has 0 aliphatic carbocycles. The van der Waals surface area contributed by atoms with E-state index in [1.165, 1.54) is 0 Å². The van der Waals surface area contributed by atoms with Gasteiger partial charge in [0.1, 0.15) is 24.9 Å². The van der Waals surface area contributed by atoms with Crippen molar-refractivity contribution in [1.29, 1.82) is 0 Å². The summed E-state index contributed by atoms with van der Waals surface area (Å²) < 4.78 is 36.5. The lowest BCUT2D eigenvalue weighted by atomic mass is 9.80. The van der Waals surface area contributed by atoms with Crippen LogP contribution in [0.25, 0.3) is 0 Å². The van der Waals surface area contributed by atoms with Gasteiger partial charge >= 0.3 is 0 Å². The van der Waals surface area contributed by atoms with Gasteiger partial charge in [0.15, 0.2) is 0 Å². The van der Waals surface area contributed by atoms with E-state index in [0.717, 1.165) is 36.0 Å². The van der Waals surface area contributed by atoms with E-state index >= 15 is 0 Å². The first kappa shape index (κ1) is 32.2. The summed E-state index contributed by atoms with van der Waals surface area (Å²) >= 11 is 0. The topological polar surface area (TPSA) is 77.1 Å². The normalized spacial score (nSPS) is 14.5. The van der Waals surface area contributed by atoms with Gasteiger partial charge in [0, 0.05) is 6.61 Å². The fourth-order valence-corrected chi connectivity index (χ4v) is 5.10. The fraction of sp³-hybridized carbons (Fsp3) is 0.438. The van der Waals surface area contributed by atoms with Crippen LogP contribution in [-0.2, 0) is 28.7 Å². The Kier molecular flexibility index (Phi) is 12.5. The average molecular weight is 570 g/mol. The molecular formula is C32H44NO6P. The lowest BCUT2D eigenvalue weighted by Crippen LogP contribution is -2.38. The molecule has 8 heteroatoms. The summed E-state index contributed by atoms with van der Waals surface area (Å²) in [6.07, 6.45) is 2.31. The van der Waals surface area contributed by atoms with Crippen molar-refractivity contribution in [2.24, 2.45) is 0 Å². The Labute approximate surface area is 239 Å². The summed E-state index contributed by atoms with van der Waals surface area (Å²) in [4.78, 5) is 12.5. The Bertz CT molecular complexity index is 1060. The molecule has 0 saturated heterocycles. The Balaban J connectivity index is 1.87. The Morgan fingerprint density at radius 2 is 1.25 bits per heavy atom. The molecule has 0 N–H and O–H groups in total. The number of nitrogens with zero attached hydrogens (tertiary/aromatic N) is 1. The van der Waals surface area contributed by atoms with E-state index in [-0.39, 0.29) is 19.8 Å². The van der Waals surface area contributed by atoms with E-state index in [2.05, 4.69) is 6.92 Å². The number of hydrogen-bond acceptors (Lipinski definition) is 6. The molecule has 0 radical (unpaired) electrons. The molecule has 0 saturated carbocycles. The summed E-state index contributed by atoms with van der Waals surface area (Å²) in [6.45, 7) is 3.07. The summed E-state index contributed by atoms with van der Waals surface area (Å²) in [5.74, 6) is 0. The van der Waals surface area contributed by atoms with Crippen LogP contribution in [0.15, 0.2) is 91.0 Å². The standard InChI is InChI=1S/C32H44NO6P/c1-5-6-16-24-36-31(27-39-40(34,35)38-25-23-33(2,3)4)26-37-32(28-17-10-7-11-18-28,29-19-12-8-13-20-29)30-21-14-9-15-22-30/h7-15,17-22,31H,5-6,16,23-27H2,1-4H3/t31-/m1/s1. The van der Waals surface area contributed by atoms with Crippen LogP contribution in [0.1, 0.15) is 42.9 Å². The van der Waals surface area contributed by atoms with Gasteiger partial charge in [-0.15, -0.1) is 0 Å². The van der Waals surface area contributed by atoms with Crippen molar-refractivity contribution in [2.45, 2.75) is 37.9 Å². The van der Waals surface area contributed by atoms with Crippen molar-refractivity contribution in [3.8, 4) is 0 Å². The second-order valence-electron chi connectivity index (χ2n) is 10.9. The van der Waals surface area contributed by atoms with Crippen LogP contribution < -0.4 is 4.89 Å². The largest absolute Gasteiger partial charge is 0.756 e. The molecule has 0 aliphatic heterocycles. The molecule has 0 aromatic heterocycles. The highest BCUT2D eigenvalue weighted by molar-refractivity contribution is 7.45. The molecule has 2 atom stereocenters. The monoisotopic (exact) mass is 569 g/mol. The first-order chi connectivity index (χ1) is 19.2. The van der Waals surface area contributed by atoms with Gasteiger partial charge in [-0.25, -0.2) is 0 Å². The second-order valence-corrected chi connectivity index (χ2v) is 12.3. The third-order valence-electron chi connectivity index (χ3n) is 6.56. The van der Waals surface area contributed by atoms with Gasteiger partial charge in [-0.3, -0.25) is 4.57 Å². The minimum atomic E-state index is -4.51. The lowest BCUT2D eigenvalue weighted by molar-refractivity contribution is -0.870. The fourth-order valence-electron chi connectivity index (χ4n) is 4.37. The molecule has 0 spiro atoms. The van der Waals surface area contributed by atoms with Crippen molar-refractivity contribution < 1.29 is 32.5 Å².